The van der Waals surface area contributed by atoms with Crippen molar-refractivity contribution >= 4 is 47.3 Å². The van der Waals surface area contributed by atoms with E-state index in [1.54, 1.807) is 46.1 Å². The van der Waals surface area contributed by atoms with Gasteiger partial charge in [-0.05, 0) is 121 Å². The van der Waals surface area contributed by atoms with Crippen molar-refractivity contribution in [1.29, 1.82) is 0 Å². The van der Waals surface area contributed by atoms with E-state index in [9.17, 15) is 38.4 Å². The van der Waals surface area contributed by atoms with Crippen LogP contribution in [0, 0.1) is 22.7 Å². The van der Waals surface area contributed by atoms with Crippen molar-refractivity contribution in [1.82, 2.24) is 52.3 Å². The van der Waals surface area contributed by atoms with Crippen LogP contribution >= 0.6 is 0 Å². The van der Waals surface area contributed by atoms with Crippen molar-refractivity contribution in [3.05, 3.63) is 35.4 Å². The smallest absolute Gasteiger partial charge is 0.251 e. The highest BCUT2D eigenvalue weighted by atomic mass is 16.2. The monoisotopic (exact) mass is 1000 g/mol. The minimum atomic E-state index is -0.968. The predicted molar refractivity (Wildman–Crippen MR) is 277 cm³/mol. The summed E-state index contributed by atoms with van der Waals surface area (Å²) in [4.78, 5) is 115. The van der Waals surface area contributed by atoms with Crippen LogP contribution in [0.25, 0.3) is 0 Å². The van der Waals surface area contributed by atoms with Gasteiger partial charge in [0.1, 0.15) is 24.2 Å². The SMILES string of the molecule is CNC(C)C(=O)NC(C(=O)N1CC(NC(=O)c2cccc(C(=O)NC3CC(C(=O)NC(C)C4CCCCC4)N(C(=O)C(NC(=O)C(C)NC)C(C)(C)C)C3)c2)CC1C(=O)NC(C)C1CCCCC1)C(C)(C)C. The van der Waals surface area contributed by atoms with E-state index >= 15 is 0 Å². The van der Waals surface area contributed by atoms with E-state index in [0.717, 1.165) is 51.4 Å². The van der Waals surface area contributed by atoms with Gasteiger partial charge in [-0.3, -0.25) is 38.4 Å². The normalized spacial score (nSPS) is 23.7. The summed E-state index contributed by atoms with van der Waals surface area (Å²) in [6.07, 6.45) is 11.1. The van der Waals surface area contributed by atoms with Gasteiger partial charge in [0.2, 0.25) is 35.4 Å². The van der Waals surface area contributed by atoms with E-state index in [4.69, 9.17) is 0 Å². The van der Waals surface area contributed by atoms with Crippen LogP contribution in [0.15, 0.2) is 24.3 Å². The summed E-state index contributed by atoms with van der Waals surface area (Å²) < 4.78 is 0. The zero-order valence-corrected chi connectivity index (χ0v) is 45.3. The van der Waals surface area contributed by atoms with Gasteiger partial charge >= 0.3 is 0 Å². The number of benzene rings is 1. The Morgan fingerprint density at radius 2 is 0.875 bits per heavy atom. The second-order valence-electron chi connectivity index (χ2n) is 23.4. The molecule has 72 heavy (non-hydrogen) atoms. The first kappa shape index (κ1) is 57.8. The van der Waals surface area contributed by atoms with Gasteiger partial charge in [0.25, 0.3) is 11.8 Å². The van der Waals surface area contributed by atoms with Gasteiger partial charge in [0, 0.05) is 48.4 Å². The first-order valence-corrected chi connectivity index (χ1v) is 26.7. The van der Waals surface area contributed by atoms with Gasteiger partial charge in [0.05, 0.1) is 12.1 Å². The van der Waals surface area contributed by atoms with Gasteiger partial charge in [-0.25, -0.2) is 0 Å². The quantitative estimate of drug-likeness (QED) is 0.107. The zero-order chi connectivity index (χ0) is 53.2. The third kappa shape index (κ3) is 15.0. The number of likely N-dealkylation sites (tertiary alicyclic amines) is 2. The molecule has 402 valence electrons. The number of amides is 8. The molecule has 1 aromatic carbocycles. The van der Waals surface area contributed by atoms with Crippen molar-refractivity contribution < 1.29 is 38.4 Å². The Labute approximate surface area is 428 Å². The fourth-order valence-corrected chi connectivity index (χ4v) is 10.8. The molecule has 1 aromatic rings. The molecule has 5 rings (SSSR count). The van der Waals surface area contributed by atoms with Crippen LogP contribution in [0.2, 0.25) is 0 Å². The minimum absolute atomic E-state index is 0.0179. The molecule has 2 aliphatic heterocycles. The molecule has 0 spiro atoms. The number of hydrogen-bond donors (Lipinski definition) is 8. The molecule has 8 N–H and O–H groups in total. The van der Waals surface area contributed by atoms with E-state index in [1.807, 2.05) is 55.4 Å². The standard InChI is InChI=1S/C54H88N10O8/c1-31(35-20-15-13-16-21-35)57-49(69)41-27-39(29-63(41)51(71)43(53(5,6)7)61-45(65)33(3)55-11)59-47(67)37-24-19-25-38(26-37)48(68)60-40-28-42(50(70)58-32(2)36-22-17-14-18-23-36)64(30-40)52(72)44(54(8,9)10)62-46(66)34(4)56-12/h19,24-26,31-36,39-44,55-56H,13-18,20-23,27-30H2,1-12H3,(H,57,69)(H,58,70)(H,59,67)(H,60,68)(H,61,65)(H,62,66). The van der Waals surface area contributed by atoms with Crippen LogP contribution < -0.4 is 42.5 Å². The van der Waals surface area contributed by atoms with Gasteiger partial charge in [-0.2, -0.15) is 0 Å². The highest BCUT2D eigenvalue weighted by molar-refractivity contribution is 6.01. The molecule has 10 unspecified atom stereocenters. The number of carbonyl (C=O) groups excluding carboxylic acids is 8. The largest absolute Gasteiger partial charge is 0.352 e. The van der Waals surface area contributed by atoms with Crippen molar-refractivity contribution in [2.24, 2.45) is 22.7 Å². The van der Waals surface area contributed by atoms with E-state index in [0.29, 0.717) is 11.8 Å². The summed E-state index contributed by atoms with van der Waals surface area (Å²) in [7, 11) is 3.32. The van der Waals surface area contributed by atoms with E-state index in [-0.39, 0.29) is 72.8 Å². The van der Waals surface area contributed by atoms with Crippen LogP contribution in [0.3, 0.4) is 0 Å². The molecule has 0 bridgehead atoms. The van der Waals surface area contributed by atoms with Crippen LogP contribution in [-0.2, 0) is 28.8 Å². The van der Waals surface area contributed by atoms with Crippen molar-refractivity contribution in [3.8, 4) is 0 Å². The maximum atomic E-state index is 14.6. The molecule has 10 atom stereocenters. The Balaban J connectivity index is 1.33. The van der Waals surface area contributed by atoms with E-state index < -0.39 is 82.8 Å². The van der Waals surface area contributed by atoms with Gasteiger partial charge in [0.15, 0.2) is 0 Å². The molecular weight excluding hydrogens is 917 g/mol. The number of hydrogen-bond acceptors (Lipinski definition) is 10. The Kier molecular flexibility index (Phi) is 20.2. The molecule has 18 nitrogen and oxygen atoms in total. The minimum Gasteiger partial charge on any atom is -0.352 e. The van der Waals surface area contributed by atoms with E-state index in [2.05, 4.69) is 42.5 Å². The number of rotatable bonds is 18. The first-order chi connectivity index (χ1) is 33.8. The molecule has 8 amide bonds. The predicted octanol–water partition coefficient (Wildman–Crippen LogP) is 3.53. The molecule has 2 aliphatic carbocycles. The lowest BCUT2D eigenvalue weighted by atomic mass is 9.84. The average Bonchev–Trinajstić information content (AvgIpc) is 3.98. The summed E-state index contributed by atoms with van der Waals surface area (Å²) in [6, 6.07) is -0.193. The number of nitrogens with zero attached hydrogens (tertiary/aromatic N) is 2. The molecule has 0 aromatic heterocycles. The summed E-state index contributed by atoms with van der Waals surface area (Å²) in [5, 5.41) is 24.1. The Morgan fingerprint density at radius 1 is 0.528 bits per heavy atom. The topological polar surface area (TPSA) is 239 Å². The number of carbonyl (C=O) groups is 8. The molecule has 4 aliphatic rings. The summed E-state index contributed by atoms with van der Waals surface area (Å²) in [5.74, 6) is -2.56. The van der Waals surface area contributed by atoms with Crippen molar-refractivity contribution in [3.63, 3.8) is 0 Å². The number of nitrogens with one attached hydrogen (secondary N) is 8. The lowest BCUT2D eigenvalue weighted by molar-refractivity contribution is -0.144. The third-order valence-corrected chi connectivity index (χ3v) is 15.7. The van der Waals surface area contributed by atoms with Gasteiger partial charge < -0.3 is 52.3 Å². The maximum Gasteiger partial charge on any atom is 0.251 e. The third-order valence-electron chi connectivity index (χ3n) is 15.7. The fraction of sp³-hybridized carbons (Fsp3) is 0.741. The van der Waals surface area contributed by atoms with E-state index in [1.165, 1.54) is 28.7 Å². The fourth-order valence-electron chi connectivity index (χ4n) is 10.8. The van der Waals surface area contributed by atoms with Crippen LogP contribution in [0.5, 0.6) is 0 Å². The maximum absolute atomic E-state index is 14.6. The summed E-state index contributed by atoms with van der Waals surface area (Å²) in [6.45, 7) is 18.6. The van der Waals surface area contributed by atoms with Crippen molar-refractivity contribution in [2.45, 2.75) is 207 Å². The second kappa shape index (κ2) is 25.2. The molecule has 2 saturated carbocycles. The van der Waals surface area contributed by atoms with Crippen LogP contribution in [0.1, 0.15) is 167 Å². The Hall–Kier alpha value is -5.10. The zero-order valence-electron chi connectivity index (χ0n) is 45.3. The Bertz CT molecular complexity index is 1950. The Morgan fingerprint density at radius 3 is 1.19 bits per heavy atom. The lowest BCUT2D eigenvalue weighted by Gasteiger charge is -2.36. The lowest BCUT2D eigenvalue weighted by Crippen LogP contribution is -2.60. The van der Waals surface area contributed by atoms with Crippen LogP contribution in [0.4, 0.5) is 0 Å². The van der Waals surface area contributed by atoms with Crippen molar-refractivity contribution in [2.75, 3.05) is 27.2 Å². The van der Waals surface area contributed by atoms with Crippen LogP contribution in [-0.4, -0.2) is 145 Å². The molecular formula is C54H88N10O8. The summed E-state index contributed by atoms with van der Waals surface area (Å²) in [5.41, 5.74) is -1.08. The molecule has 2 saturated heterocycles. The molecule has 4 fully saturated rings. The van der Waals surface area contributed by atoms with Gasteiger partial charge in [-0.1, -0.05) is 86.1 Å². The highest BCUT2D eigenvalue weighted by Crippen LogP contribution is 2.31. The second-order valence-corrected chi connectivity index (χ2v) is 23.4. The molecule has 2 heterocycles. The molecule has 0 radical (unpaired) electrons. The molecule has 18 heteroatoms. The average molecular weight is 1010 g/mol. The van der Waals surface area contributed by atoms with Gasteiger partial charge in [-0.15, -0.1) is 0 Å². The summed E-state index contributed by atoms with van der Waals surface area (Å²) >= 11 is 0. The number of likely N-dealkylation sites (N-methyl/N-ethyl adjacent to an activating group) is 2. The highest BCUT2D eigenvalue weighted by Gasteiger charge is 2.48. The first-order valence-electron chi connectivity index (χ1n) is 26.7.